The average molecular weight is 373 g/mol. The fourth-order valence-electron chi connectivity index (χ4n) is 3.17. The number of ether oxygens (including phenoxy) is 1. The average Bonchev–Trinajstić information content (AvgIpc) is 3.18. The molecule has 1 fully saturated rings. The van der Waals surface area contributed by atoms with Gasteiger partial charge >= 0.3 is 6.03 Å². The monoisotopic (exact) mass is 373 g/mol. The van der Waals surface area contributed by atoms with Crippen LogP contribution >= 0.6 is 0 Å². The van der Waals surface area contributed by atoms with Gasteiger partial charge in [0.15, 0.2) is 5.82 Å². The minimum atomic E-state index is -0.212. The third-order valence-electron chi connectivity index (χ3n) is 4.66. The summed E-state index contributed by atoms with van der Waals surface area (Å²) in [6.45, 7) is 6.24. The standard InChI is InChI=1S/C18H27N7O2/c1-15(17-22-20-14-25(17)8-5-13-27-2)21-18(26)24-11-9-23(10-12-24)16-6-3-4-7-19-16/h3-4,6-7,14-15H,5,8-13H2,1-2H3,(H,21,26). The van der Waals surface area contributed by atoms with Gasteiger partial charge in [-0.2, -0.15) is 0 Å². The van der Waals surface area contributed by atoms with E-state index in [1.54, 1.807) is 19.6 Å². The van der Waals surface area contributed by atoms with Gasteiger partial charge in [-0.3, -0.25) is 0 Å². The number of amides is 2. The Balaban J connectivity index is 1.50. The number of aryl methyl sites for hydroxylation is 1. The van der Waals surface area contributed by atoms with Crippen molar-refractivity contribution in [2.45, 2.75) is 25.9 Å². The third-order valence-corrected chi connectivity index (χ3v) is 4.66. The van der Waals surface area contributed by atoms with E-state index in [4.69, 9.17) is 4.74 Å². The summed E-state index contributed by atoms with van der Waals surface area (Å²) >= 11 is 0. The van der Waals surface area contributed by atoms with Crippen LogP contribution in [0.4, 0.5) is 10.6 Å². The molecule has 2 aromatic rings. The van der Waals surface area contributed by atoms with Gasteiger partial charge in [0.2, 0.25) is 0 Å². The maximum atomic E-state index is 12.6. The Kier molecular flexibility index (Phi) is 6.59. The quantitative estimate of drug-likeness (QED) is 0.736. The summed E-state index contributed by atoms with van der Waals surface area (Å²) in [6.07, 6.45) is 4.36. The number of urea groups is 1. The maximum absolute atomic E-state index is 12.6. The van der Waals surface area contributed by atoms with E-state index in [0.717, 1.165) is 37.7 Å². The summed E-state index contributed by atoms with van der Waals surface area (Å²) in [4.78, 5) is 21.0. The topological polar surface area (TPSA) is 88.4 Å². The van der Waals surface area contributed by atoms with E-state index >= 15 is 0 Å². The second-order valence-electron chi connectivity index (χ2n) is 6.56. The lowest BCUT2D eigenvalue weighted by Crippen LogP contribution is -2.52. The molecule has 0 aliphatic carbocycles. The van der Waals surface area contributed by atoms with Gasteiger partial charge in [-0.15, -0.1) is 10.2 Å². The Bertz CT molecular complexity index is 714. The van der Waals surface area contributed by atoms with E-state index in [-0.39, 0.29) is 12.1 Å². The molecule has 1 unspecified atom stereocenters. The Labute approximate surface area is 159 Å². The second kappa shape index (κ2) is 9.31. The molecule has 3 heterocycles. The van der Waals surface area contributed by atoms with Crippen molar-refractivity contribution in [3.05, 3.63) is 36.5 Å². The Morgan fingerprint density at radius 1 is 1.30 bits per heavy atom. The molecule has 1 aliphatic heterocycles. The smallest absolute Gasteiger partial charge is 0.318 e. The number of rotatable bonds is 7. The molecule has 2 amide bonds. The molecule has 0 radical (unpaired) electrons. The first-order chi connectivity index (χ1) is 13.2. The highest BCUT2D eigenvalue weighted by atomic mass is 16.5. The van der Waals surface area contributed by atoms with Crippen LogP contribution in [0, 0.1) is 0 Å². The van der Waals surface area contributed by atoms with Crippen LogP contribution in [0.3, 0.4) is 0 Å². The lowest BCUT2D eigenvalue weighted by Gasteiger charge is -2.35. The minimum Gasteiger partial charge on any atom is -0.385 e. The molecular formula is C18H27N7O2. The van der Waals surface area contributed by atoms with Gasteiger partial charge in [-0.05, 0) is 25.5 Å². The fraction of sp³-hybridized carbons (Fsp3) is 0.556. The number of hydrogen-bond acceptors (Lipinski definition) is 6. The molecule has 1 atom stereocenters. The van der Waals surface area contributed by atoms with Crippen LogP contribution < -0.4 is 10.2 Å². The number of anilines is 1. The zero-order valence-electron chi connectivity index (χ0n) is 15.9. The normalized spacial score (nSPS) is 15.6. The molecule has 0 aromatic carbocycles. The number of hydrogen-bond donors (Lipinski definition) is 1. The van der Waals surface area contributed by atoms with Crippen molar-refractivity contribution >= 4 is 11.8 Å². The molecule has 27 heavy (non-hydrogen) atoms. The molecule has 9 nitrogen and oxygen atoms in total. The Morgan fingerprint density at radius 3 is 2.81 bits per heavy atom. The van der Waals surface area contributed by atoms with Crippen LogP contribution in [0.15, 0.2) is 30.7 Å². The molecule has 0 bridgehead atoms. The van der Waals surface area contributed by atoms with Crippen molar-refractivity contribution in [3.8, 4) is 0 Å². The van der Waals surface area contributed by atoms with E-state index in [1.807, 2.05) is 34.6 Å². The maximum Gasteiger partial charge on any atom is 0.318 e. The van der Waals surface area contributed by atoms with Gasteiger partial charge in [0.25, 0.3) is 0 Å². The van der Waals surface area contributed by atoms with Gasteiger partial charge in [-0.25, -0.2) is 9.78 Å². The number of carbonyl (C=O) groups excluding carboxylic acids is 1. The van der Waals surface area contributed by atoms with Gasteiger partial charge in [0.1, 0.15) is 12.1 Å². The summed E-state index contributed by atoms with van der Waals surface area (Å²) in [5.74, 6) is 1.71. The summed E-state index contributed by atoms with van der Waals surface area (Å²) < 4.78 is 7.05. The van der Waals surface area contributed by atoms with E-state index in [1.165, 1.54) is 0 Å². The van der Waals surface area contributed by atoms with Crippen molar-refractivity contribution in [1.29, 1.82) is 0 Å². The second-order valence-corrected chi connectivity index (χ2v) is 6.56. The lowest BCUT2D eigenvalue weighted by atomic mass is 10.3. The van der Waals surface area contributed by atoms with Crippen LogP contribution in [-0.4, -0.2) is 70.6 Å². The van der Waals surface area contributed by atoms with Crippen LogP contribution in [-0.2, 0) is 11.3 Å². The van der Waals surface area contributed by atoms with Gasteiger partial charge in [0, 0.05) is 52.6 Å². The number of pyridine rings is 1. The number of aromatic nitrogens is 4. The molecule has 9 heteroatoms. The van der Waals surface area contributed by atoms with Crippen LogP contribution in [0.5, 0.6) is 0 Å². The molecule has 2 aromatic heterocycles. The first-order valence-electron chi connectivity index (χ1n) is 9.27. The highest BCUT2D eigenvalue weighted by Gasteiger charge is 2.24. The Morgan fingerprint density at radius 2 is 2.11 bits per heavy atom. The number of carbonyl (C=O) groups is 1. The fourth-order valence-corrected chi connectivity index (χ4v) is 3.17. The van der Waals surface area contributed by atoms with Crippen LogP contribution in [0.2, 0.25) is 0 Å². The van der Waals surface area contributed by atoms with E-state index in [2.05, 4.69) is 25.4 Å². The first-order valence-corrected chi connectivity index (χ1v) is 9.27. The van der Waals surface area contributed by atoms with Gasteiger partial charge in [-0.1, -0.05) is 6.07 Å². The number of nitrogens with one attached hydrogen (secondary N) is 1. The molecule has 1 saturated heterocycles. The lowest BCUT2D eigenvalue weighted by molar-refractivity contribution is 0.187. The highest BCUT2D eigenvalue weighted by molar-refractivity contribution is 5.75. The first kappa shape index (κ1) is 19.1. The van der Waals surface area contributed by atoms with E-state index in [9.17, 15) is 4.79 Å². The van der Waals surface area contributed by atoms with Crippen LogP contribution in [0.25, 0.3) is 0 Å². The summed E-state index contributed by atoms with van der Waals surface area (Å²) in [5.41, 5.74) is 0. The molecule has 1 aliphatic rings. The summed E-state index contributed by atoms with van der Waals surface area (Å²) in [7, 11) is 1.68. The number of piperazine rings is 1. The minimum absolute atomic E-state index is 0.0744. The molecule has 0 saturated carbocycles. The molecule has 1 N–H and O–H groups in total. The van der Waals surface area contributed by atoms with Crippen molar-refractivity contribution in [3.63, 3.8) is 0 Å². The Hall–Kier alpha value is -2.68. The van der Waals surface area contributed by atoms with E-state index < -0.39 is 0 Å². The van der Waals surface area contributed by atoms with Gasteiger partial charge < -0.3 is 24.4 Å². The predicted molar refractivity (Wildman–Crippen MR) is 101 cm³/mol. The van der Waals surface area contributed by atoms with Crippen molar-refractivity contribution < 1.29 is 9.53 Å². The SMILES string of the molecule is COCCCn1cnnc1C(C)NC(=O)N1CCN(c2ccccn2)CC1. The van der Waals surface area contributed by atoms with Crippen molar-refractivity contribution in [1.82, 2.24) is 30.0 Å². The van der Waals surface area contributed by atoms with Crippen LogP contribution in [0.1, 0.15) is 25.2 Å². The third kappa shape index (κ3) is 4.94. The van der Waals surface area contributed by atoms with E-state index in [0.29, 0.717) is 19.7 Å². The molecule has 146 valence electrons. The number of nitrogens with zero attached hydrogens (tertiary/aromatic N) is 6. The predicted octanol–water partition coefficient (Wildman–Crippen LogP) is 1.30. The van der Waals surface area contributed by atoms with Crippen molar-refractivity contribution in [2.75, 3.05) is 44.8 Å². The molecule has 0 spiro atoms. The zero-order valence-corrected chi connectivity index (χ0v) is 15.9. The summed E-state index contributed by atoms with van der Waals surface area (Å²) in [6, 6.07) is 5.59. The highest BCUT2D eigenvalue weighted by Crippen LogP contribution is 2.14. The molecular weight excluding hydrogens is 346 g/mol. The zero-order chi connectivity index (χ0) is 19.1. The number of methoxy groups -OCH3 is 1. The largest absolute Gasteiger partial charge is 0.385 e. The van der Waals surface area contributed by atoms with Gasteiger partial charge in [0.05, 0.1) is 6.04 Å². The molecule has 3 rings (SSSR count). The summed E-state index contributed by atoms with van der Waals surface area (Å²) in [5, 5.41) is 11.2. The van der Waals surface area contributed by atoms with Crippen molar-refractivity contribution in [2.24, 2.45) is 0 Å².